The van der Waals surface area contributed by atoms with Crippen molar-refractivity contribution < 1.29 is 4.79 Å². The molecule has 3 aromatic rings. The molecule has 0 radical (unpaired) electrons. The van der Waals surface area contributed by atoms with Gasteiger partial charge in [0, 0.05) is 33.3 Å². The van der Waals surface area contributed by atoms with Gasteiger partial charge in [0.2, 0.25) is 11.9 Å². The van der Waals surface area contributed by atoms with E-state index in [9.17, 15) is 4.79 Å². The van der Waals surface area contributed by atoms with Crippen molar-refractivity contribution >= 4 is 28.9 Å². The number of hydrogen-bond acceptors (Lipinski definition) is 5. The Labute approximate surface area is 146 Å². The molecule has 0 atom stereocenters. The lowest BCUT2D eigenvalue weighted by Gasteiger charge is -2.14. The van der Waals surface area contributed by atoms with Crippen molar-refractivity contribution in [1.82, 2.24) is 14.6 Å². The molecule has 7 nitrogen and oxygen atoms in total. The molecule has 130 valence electrons. The second-order valence-electron chi connectivity index (χ2n) is 6.13. The third-order valence-electron chi connectivity index (χ3n) is 3.96. The molecule has 2 heterocycles. The minimum atomic E-state index is -0.187. The summed E-state index contributed by atoms with van der Waals surface area (Å²) in [5, 5.41) is 10.4. The highest BCUT2D eigenvalue weighted by Crippen LogP contribution is 2.19. The quantitative estimate of drug-likeness (QED) is 0.748. The number of rotatable bonds is 5. The summed E-state index contributed by atoms with van der Waals surface area (Å²) in [5.41, 5.74) is 4.98. The maximum atomic E-state index is 11.2. The van der Waals surface area contributed by atoms with Crippen LogP contribution in [0.25, 0.3) is 5.65 Å². The second kappa shape index (κ2) is 6.80. The van der Waals surface area contributed by atoms with E-state index in [1.807, 2.05) is 33.2 Å². The maximum Gasteiger partial charge on any atom is 0.249 e. The lowest BCUT2D eigenvalue weighted by atomic mass is 10.2. The van der Waals surface area contributed by atoms with Crippen LogP contribution in [0, 0.1) is 6.92 Å². The van der Waals surface area contributed by atoms with Crippen LogP contribution in [-0.4, -0.2) is 34.6 Å². The number of aromatic nitrogens is 3. The zero-order valence-corrected chi connectivity index (χ0v) is 14.9. The number of aryl methyl sites for hydroxylation is 1. The Morgan fingerprint density at radius 3 is 2.52 bits per heavy atom. The topological polar surface area (TPSA) is 74.6 Å². The summed E-state index contributed by atoms with van der Waals surface area (Å²) in [5.74, 6) is 0.125. The van der Waals surface area contributed by atoms with E-state index in [0.717, 1.165) is 11.4 Å². The number of carbonyl (C=O) groups excluding carboxylic acids is 1. The Kier molecular flexibility index (Phi) is 4.56. The molecule has 0 fully saturated rings. The normalized spacial score (nSPS) is 10.7. The number of nitrogens with zero attached hydrogens (tertiary/aromatic N) is 4. The molecule has 1 aromatic carbocycles. The van der Waals surface area contributed by atoms with E-state index in [0.29, 0.717) is 18.1 Å². The first kappa shape index (κ1) is 16.8. The molecule has 2 aromatic heterocycles. The number of pyridine rings is 1. The fraction of sp³-hybridized carbons (Fsp3) is 0.278. The highest BCUT2D eigenvalue weighted by molar-refractivity contribution is 5.86. The first-order valence-electron chi connectivity index (χ1n) is 8.08. The highest BCUT2D eigenvalue weighted by Gasteiger charge is 2.09. The molecule has 0 saturated heterocycles. The van der Waals surface area contributed by atoms with Crippen LogP contribution in [0.4, 0.5) is 17.3 Å². The van der Waals surface area contributed by atoms with E-state index < -0.39 is 0 Å². The molecule has 0 aliphatic carbocycles. The van der Waals surface area contributed by atoms with Gasteiger partial charge in [0.1, 0.15) is 0 Å². The first-order valence-corrected chi connectivity index (χ1v) is 8.08. The van der Waals surface area contributed by atoms with Crippen molar-refractivity contribution in [2.45, 2.75) is 20.4 Å². The predicted octanol–water partition coefficient (Wildman–Crippen LogP) is 2.67. The van der Waals surface area contributed by atoms with Crippen molar-refractivity contribution in [3.05, 3.63) is 47.7 Å². The van der Waals surface area contributed by atoms with E-state index in [4.69, 9.17) is 0 Å². The largest absolute Gasteiger partial charge is 0.379 e. The number of carbonyl (C=O) groups is 1. The fourth-order valence-electron chi connectivity index (χ4n) is 2.58. The Bertz CT molecular complexity index is 898. The van der Waals surface area contributed by atoms with Crippen molar-refractivity contribution in [3.8, 4) is 0 Å². The molecule has 25 heavy (non-hydrogen) atoms. The number of amides is 1. The summed E-state index contributed by atoms with van der Waals surface area (Å²) >= 11 is 0. The molecule has 0 saturated carbocycles. The van der Waals surface area contributed by atoms with Crippen LogP contribution in [0.3, 0.4) is 0 Å². The van der Waals surface area contributed by atoms with Gasteiger partial charge in [-0.25, -0.2) is 4.52 Å². The van der Waals surface area contributed by atoms with E-state index in [1.54, 1.807) is 4.52 Å². The molecule has 0 spiro atoms. The molecular weight excluding hydrogens is 316 g/mol. The lowest BCUT2D eigenvalue weighted by Crippen LogP contribution is -2.09. The molecule has 0 aliphatic heterocycles. The Hall–Kier alpha value is -3.09. The van der Waals surface area contributed by atoms with Crippen molar-refractivity contribution in [3.63, 3.8) is 0 Å². The number of nitrogens with one attached hydrogen (secondary N) is 2. The molecular formula is C18H22N6O. The molecule has 7 heteroatoms. The minimum Gasteiger partial charge on any atom is -0.379 e. The van der Waals surface area contributed by atoms with E-state index >= 15 is 0 Å². The second-order valence-corrected chi connectivity index (χ2v) is 6.13. The first-order chi connectivity index (χ1) is 11.9. The van der Waals surface area contributed by atoms with Gasteiger partial charge < -0.3 is 10.2 Å². The van der Waals surface area contributed by atoms with Gasteiger partial charge in [-0.15, -0.1) is 5.10 Å². The third kappa shape index (κ3) is 3.71. The fourth-order valence-corrected chi connectivity index (χ4v) is 2.58. The van der Waals surface area contributed by atoms with Crippen LogP contribution in [0.5, 0.6) is 0 Å². The average molecular weight is 338 g/mol. The molecule has 0 bridgehead atoms. The molecule has 1 amide bonds. The minimum absolute atomic E-state index is 0.187. The summed E-state index contributed by atoms with van der Waals surface area (Å²) in [7, 11) is 4.05. The smallest absolute Gasteiger partial charge is 0.249 e. The van der Waals surface area contributed by atoms with Gasteiger partial charge in [-0.2, -0.15) is 4.98 Å². The third-order valence-corrected chi connectivity index (χ3v) is 3.96. The molecule has 0 aliphatic rings. The summed E-state index contributed by atoms with van der Waals surface area (Å²) < 4.78 is 1.72. The van der Waals surface area contributed by atoms with Gasteiger partial charge >= 0.3 is 0 Å². The Morgan fingerprint density at radius 2 is 1.88 bits per heavy atom. The zero-order chi connectivity index (χ0) is 18.0. The average Bonchev–Trinajstić information content (AvgIpc) is 2.97. The van der Waals surface area contributed by atoms with E-state index in [-0.39, 0.29) is 5.91 Å². The standard InChI is InChI=1S/C18H22N6O/c1-12-16(19-11-14-5-7-15(8-6-14)23(3)4)9-10-17-21-18(20-13(2)25)22-24(12)17/h5-10,19H,11H2,1-4H3,(H,20,22,25). The summed E-state index contributed by atoms with van der Waals surface area (Å²) in [4.78, 5) is 17.5. The number of benzene rings is 1. The van der Waals surface area contributed by atoms with Crippen LogP contribution in [0.15, 0.2) is 36.4 Å². The van der Waals surface area contributed by atoms with Crippen LogP contribution in [-0.2, 0) is 11.3 Å². The van der Waals surface area contributed by atoms with Crippen LogP contribution in [0.2, 0.25) is 0 Å². The molecule has 3 rings (SSSR count). The van der Waals surface area contributed by atoms with Crippen LogP contribution < -0.4 is 15.5 Å². The van der Waals surface area contributed by atoms with Crippen molar-refractivity contribution in [2.75, 3.05) is 29.6 Å². The van der Waals surface area contributed by atoms with Crippen LogP contribution in [0.1, 0.15) is 18.2 Å². The highest BCUT2D eigenvalue weighted by atomic mass is 16.1. The van der Waals surface area contributed by atoms with E-state index in [2.05, 4.69) is 49.9 Å². The monoisotopic (exact) mass is 338 g/mol. The van der Waals surface area contributed by atoms with Gasteiger partial charge in [0.25, 0.3) is 0 Å². The van der Waals surface area contributed by atoms with Gasteiger partial charge in [0.05, 0.1) is 11.4 Å². The Balaban J connectivity index is 1.77. The summed E-state index contributed by atoms with van der Waals surface area (Å²) in [6.45, 7) is 4.12. The number of hydrogen-bond donors (Lipinski definition) is 2. The molecule has 2 N–H and O–H groups in total. The van der Waals surface area contributed by atoms with Crippen molar-refractivity contribution in [2.24, 2.45) is 0 Å². The van der Waals surface area contributed by atoms with Crippen LogP contribution >= 0.6 is 0 Å². The zero-order valence-electron chi connectivity index (χ0n) is 14.9. The number of fused-ring (bicyclic) bond motifs is 1. The lowest BCUT2D eigenvalue weighted by molar-refractivity contribution is -0.114. The summed E-state index contributed by atoms with van der Waals surface area (Å²) in [6, 6.07) is 12.3. The van der Waals surface area contributed by atoms with Gasteiger partial charge in [-0.3, -0.25) is 10.1 Å². The molecule has 0 unspecified atom stereocenters. The summed E-state index contributed by atoms with van der Waals surface area (Å²) in [6.07, 6.45) is 0. The van der Waals surface area contributed by atoms with Gasteiger partial charge in [-0.1, -0.05) is 12.1 Å². The van der Waals surface area contributed by atoms with E-state index in [1.165, 1.54) is 18.2 Å². The number of anilines is 3. The van der Waals surface area contributed by atoms with Gasteiger partial charge in [0.15, 0.2) is 5.65 Å². The Morgan fingerprint density at radius 1 is 1.16 bits per heavy atom. The van der Waals surface area contributed by atoms with Crippen molar-refractivity contribution in [1.29, 1.82) is 0 Å². The maximum absolute atomic E-state index is 11.2. The SMILES string of the molecule is CC(=O)Nc1nc2ccc(NCc3ccc(N(C)C)cc3)c(C)n2n1. The van der Waals surface area contributed by atoms with Gasteiger partial charge in [-0.05, 0) is 36.8 Å². The predicted molar refractivity (Wildman–Crippen MR) is 100 cm³/mol.